The van der Waals surface area contributed by atoms with Gasteiger partial charge in [0.2, 0.25) is 5.24 Å². The van der Waals surface area contributed by atoms with Crippen LogP contribution < -0.4 is 0 Å². The van der Waals surface area contributed by atoms with Gasteiger partial charge in [0, 0.05) is 5.92 Å². The summed E-state index contributed by atoms with van der Waals surface area (Å²) in [6.07, 6.45) is 3.15. The second kappa shape index (κ2) is 4.14. The summed E-state index contributed by atoms with van der Waals surface area (Å²) >= 11 is 5.59. The zero-order valence-electron chi connectivity index (χ0n) is 7.95. The summed E-state index contributed by atoms with van der Waals surface area (Å²) < 4.78 is 0. The average Bonchev–Trinajstić information content (AvgIpc) is 2.67. The molecule has 74 valence electrons. The van der Waals surface area contributed by atoms with Crippen molar-refractivity contribution in [1.29, 1.82) is 0 Å². The van der Waals surface area contributed by atoms with Crippen molar-refractivity contribution in [3.05, 3.63) is 35.9 Å². The molecule has 1 aliphatic rings. The molecule has 0 spiro atoms. The van der Waals surface area contributed by atoms with Gasteiger partial charge in [0.25, 0.3) is 0 Å². The first-order valence-electron chi connectivity index (χ1n) is 5.03. The van der Waals surface area contributed by atoms with Gasteiger partial charge in [0.15, 0.2) is 0 Å². The third-order valence-corrected chi connectivity index (χ3v) is 3.32. The Balaban J connectivity index is 2.22. The number of hydrogen-bond donors (Lipinski definition) is 0. The van der Waals surface area contributed by atoms with Gasteiger partial charge in [0.05, 0.1) is 0 Å². The molecule has 0 aromatic heterocycles. The lowest BCUT2D eigenvalue weighted by Crippen LogP contribution is -2.12. The molecule has 0 unspecified atom stereocenters. The molecular weight excluding hydrogens is 196 g/mol. The number of carbonyl (C=O) groups excluding carboxylic acids is 1. The predicted octanol–water partition coefficient (Wildman–Crippen LogP) is 3.34. The van der Waals surface area contributed by atoms with E-state index in [1.54, 1.807) is 0 Å². The first-order valence-corrected chi connectivity index (χ1v) is 5.41. The van der Waals surface area contributed by atoms with E-state index in [1.807, 2.05) is 18.2 Å². The van der Waals surface area contributed by atoms with E-state index in [0.29, 0.717) is 5.92 Å². The molecule has 2 heteroatoms. The monoisotopic (exact) mass is 208 g/mol. The number of benzene rings is 1. The minimum Gasteiger partial charge on any atom is -0.281 e. The van der Waals surface area contributed by atoms with Crippen LogP contribution in [0.4, 0.5) is 0 Å². The minimum absolute atomic E-state index is 0.0408. The van der Waals surface area contributed by atoms with Gasteiger partial charge in [-0.25, -0.2) is 0 Å². The van der Waals surface area contributed by atoms with E-state index in [9.17, 15) is 4.79 Å². The van der Waals surface area contributed by atoms with Crippen LogP contribution in [0.3, 0.4) is 0 Å². The van der Waals surface area contributed by atoms with Crippen LogP contribution in [-0.4, -0.2) is 5.24 Å². The SMILES string of the molecule is O=C(Cl)[C@H]1CCC[C@@H]1c1ccccc1. The van der Waals surface area contributed by atoms with Crippen molar-refractivity contribution in [2.24, 2.45) is 5.92 Å². The number of carbonyl (C=O) groups is 1. The zero-order chi connectivity index (χ0) is 9.97. The Morgan fingerprint density at radius 3 is 2.57 bits per heavy atom. The molecule has 0 N–H and O–H groups in total. The van der Waals surface area contributed by atoms with Crippen LogP contribution in [0.5, 0.6) is 0 Å². The summed E-state index contributed by atoms with van der Waals surface area (Å²) in [5.74, 6) is 0.389. The second-order valence-electron chi connectivity index (χ2n) is 3.86. The Morgan fingerprint density at radius 2 is 1.93 bits per heavy atom. The van der Waals surface area contributed by atoms with Crippen molar-refractivity contribution in [2.75, 3.05) is 0 Å². The van der Waals surface area contributed by atoms with Crippen LogP contribution in [0, 0.1) is 5.92 Å². The van der Waals surface area contributed by atoms with Crippen molar-refractivity contribution in [3.63, 3.8) is 0 Å². The van der Waals surface area contributed by atoms with Crippen LogP contribution in [0.15, 0.2) is 30.3 Å². The molecule has 1 saturated carbocycles. The van der Waals surface area contributed by atoms with Gasteiger partial charge in [-0.1, -0.05) is 36.8 Å². The van der Waals surface area contributed by atoms with Crippen LogP contribution in [0.2, 0.25) is 0 Å². The van der Waals surface area contributed by atoms with Gasteiger partial charge in [-0.05, 0) is 35.9 Å². The fourth-order valence-corrected chi connectivity index (χ4v) is 2.59. The molecule has 0 bridgehead atoms. The topological polar surface area (TPSA) is 17.1 Å². The largest absolute Gasteiger partial charge is 0.281 e. The quantitative estimate of drug-likeness (QED) is 0.682. The van der Waals surface area contributed by atoms with Crippen LogP contribution >= 0.6 is 11.6 Å². The van der Waals surface area contributed by atoms with Gasteiger partial charge >= 0.3 is 0 Å². The Bertz CT molecular complexity index is 320. The van der Waals surface area contributed by atoms with Gasteiger partial charge in [-0.2, -0.15) is 0 Å². The highest BCUT2D eigenvalue weighted by Gasteiger charge is 2.32. The molecular formula is C12H13ClO. The van der Waals surface area contributed by atoms with Crippen molar-refractivity contribution < 1.29 is 4.79 Å². The molecule has 2 atom stereocenters. The number of hydrogen-bond acceptors (Lipinski definition) is 1. The number of rotatable bonds is 2. The third kappa shape index (κ3) is 1.83. The second-order valence-corrected chi connectivity index (χ2v) is 4.23. The van der Waals surface area contributed by atoms with E-state index in [0.717, 1.165) is 19.3 Å². The third-order valence-electron chi connectivity index (χ3n) is 3.04. The summed E-state index contributed by atoms with van der Waals surface area (Å²) in [6, 6.07) is 10.2. The van der Waals surface area contributed by atoms with Crippen molar-refractivity contribution >= 4 is 16.8 Å². The lowest BCUT2D eigenvalue weighted by Gasteiger charge is -2.15. The molecule has 1 aromatic rings. The first-order chi connectivity index (χ1) is 6.79. The average molecular weight is 209 g/mol. The van der Waals surface area contributed by atoms with E-state index < -0.39 is 0 Å². The van der Waals surface area contributed by atoms with Crippen molar-refractivity contribution in [1.82, 2.24) is 0 Å². The molecule has 0 radical (unpaired) electrons. The van der Waals surface area contributed by atoms with Crippen LogP contribution in [0.25, 0.3) is 0 Å². The Labute approximate surface area is 89.1 Å². The standard InChI is InChI=1S/C12H13ClO/c13-12(14)11-8-4-7-10(11)9-5-2-1-3-6-9/h1-3,5-6,10-11H,4,7-8H2/t10-,11+/m1/s1. The predicted molar refractivity (Wildman–Crippen MR) is 57.4 cm³/mol. The van der Waals surface area contributed by atoms with E-state index >= 15 is 0 Å². The summed E-state index contributed by atoms with van der Waals surface area (Å²) in [5, 5.41) is -0.170. The van der Waals surface area contributed by atoms with E-state index in [-0.39, 0.29) is 11.2 Å². The van der Waals surface area contributed by atoms with Crippen LogP contribution in [0.1, 0.15) is 30.7 Å². The van der Waals surface area contributed by atoms with Crippen LogP contribution in [-0.2, 0) is 4.79 Å². The summed E-state index contributed by atoms with van der Waals surface area (Å²) in [5.41, 5.74) is 1.25. The lowest BCUT2D eigenvalue weighted by atomic mass is 9.90. The van der Waals surface area contributed by atoms with Crippen molar-refractivity contribution in [2.45, 2.75) is 25.2 Å². The van der Waals surface area contributed by atoms with Crippen molar-refractivity contribution in [3.8, 4) is 0 Å². The Kier molecular flexibility index (Phi) is 2.87. The molecule has 1 aliphatic carbocycles. The Morgan fingerprint density at radius 1 is 1.21 bits per heavy atom. The maximum absolute atomic E-state index is 11.2. The molecule has 1 aromatic carbocycles. The van der Waals surface area contributed by atoms with Gasteiger partial charge in [-0.3, -0.25) is 4.79 Å². The van der Waals surface area contributed by atoms with Gasteiger partial charge in [0.1, 0.15) is 0 Å². The van der Waals surface area contributed by atoms with E-state index in [1.165, 1.54) is 5.56 Å². The molecule has 0 saturated heterocycles. The normalized spacial score (nSPS) is 26.4. The highest BCUT2D eigenvalue weighted by Crippen LogP contribution is 2.40. The van der Waals surface area contributed by atoms with Gasteiger partial charge in [-0.15, -0.1) is 0 Å². The number of halogens is 1. The maximum atomic E-state index is 11.2. The molecule has 0 amide bonds. The van der Waals surface area contributed by atoms with Gasteiger partial charge < -0.3 is 0 Å². The highest BCUT2D eigenvalue weighted by molar-refractivity contribution is 6.64. The van der Waals surface area contributed by atoms with E-state index in [2.05, 4.69) is 12.1 Å². The highest BCUT2D eigenvalue weighted by atomic mass is 35.5. The Hall–Kier alpha value is -0.820. The first kappa shape index (κ1) is 9.72. The molecule has 1 fully saturated rings. The maximum Gasteiger partial charge on any atom is 0.225 e. The molecule has 0 aliphatic heterocycles. The summed E-state index contributed by atoms with van der Waals surface area (Å²) in [4.78, 5) is 11.2. The zero-order valence-corrected chi connectivity index (χ0v) is 8.70. The summed E-state index contributed by atoms with van der Waals surface area (Å²) in [7, 11) is 0. The smallest absolute Gasteiger partial charge is 0.225 e. The van der Waals surface area contributed by atoms with E-state index in [4.69, 9.17) is 11.6 Å². The molecule has 0 heterocycles. The lowest BCUT2D eigenvalue weighted by molar-refractivity contribution is -0.115. The fraction of sp³-hybridized carbons (Fsp3) is 0.417. The molecule has 1 nitrogen and oxygen atoms in total. The minimum atomic E-state index is -0.170. The molecule has 14 heavy (non-hydrogen) atoms. The fourth-order valence-electron chi connectivity index (χ4n) is 2.33. The summed E-state index contributed by atoms with van der Waals surface area (Å²) in [6.45, 7) is 0. The molecule has 2 rings (SSSR count).